The van der Waals surface area contributed by atoms with E-state index in [0.717, 1.165) is 0 Å². The van der Waals surface area contributed by atoms with E-state index in [4.69, 9.17) is 10.5 Å². The lowest BCUT2D eigenvalue weighted by atomic mass is 9.98. The van der Waals surface area contributed by atoms with Gasteiger partial charge in [0, 0.05) is 18.3 Å². The van der Waals surface area contributed by atoms with Crippen LogP contribution < -0.4 is 11.1 Å². The molecule has 0 bridgehead atoms. The molecule has 7 heteroatoms. The zero-order chi connectivity index (χ0) is 16.0. The van der Waals surface area contributed by atoms with E-state index in [1.54, 1.807) is 12.3 Å². The van der Waals surface area contributed by atoms with Crippen LogP contribution in [0, 0.1) is 5.92 Å². The molecule has 118 valence electrons. The van der Waals surface area contributed by atoms with Crippen molar-refractivity contribution in [1.29, 1.82) is 0 Å². The molecule has 1 aromatic heterocycles. The average Bonchev–Trinajstić information content (AvgIpc) is 2.87. The van der Waals surface area contributed by atoms with Crippen molar-refractivity contribution in [2.45, 2.75) is 46.2 Å². The summed E-state index contributed by atoms with van der Waals surface area (Å²) in [4.78, 5) is 27.3. The maximum atomic E-state index is 11.6. The van der Waals surface area contributed by atoms with Crippen LogP contribution in [0.2, 0.25) is 0 Å². The van der Waals surface area contributed by atoms with E-state index in [1.165, 1.54) is 18.3 Å². The highest BCUT2D eigenvalue weighted by Crippen LogP contribution is 2.24. The second-order valence-electron chi connectivity index (χ2n) is 5.19. The lowest BCUT2D eigenvalue weighted by Crippen LogP contribution is -2.35. The summed E-state index contributed by atoms with van der Waals surface area (Å²) in [6.45, 7) is 7.56. The summed E-state index contributed by atoms with van der Waals surface area (Å²) in [6.07, 6.45) is 0.576. The number of nitrogens with zero attached hydrogens (tertiary/aromatic N) is 1. The molecule has 0 saturated heterocycles. The van der Waals surface area contributed by atoms with Gasteiger partial charge in [-0.15, -0.1) is 11.3 Å². The number of rotatable bonds is 7. The second kappa shape index (κ2) is 8.09. The molecule has 0 fully saturated rings. The monoisotopic (exact) mass is 313 g/mol. The van der Waals surface area contributed by atoms with Crippen molar-refractivity contribution in [2.24, 2.45) is 11.7 Å². The highest BCUT2D eigenvalue weighted by molar-refractivity contribution is 7.09. The molecule has 0 aliphatic carbocycles. The molecule has 0 aliphatic heterocycles. The molecule has 3 N–H and O–H groups in total. The van der Waals surface area contributed by atoms with E-state index < -0.39 is 5.97 Å². The summed E-state index contributed by atoms with van der Waals surface area (Å²) < 4.78 is 4.91. The third-order valence-electron chi connectivity index (χ3n) is 3.05. The fraction of sp³-hybridized carbons (Fsp3) is 0.643. The fourth-order valence-corrected chi connectivity index (χ4v) is 2.61. The molecule has 0 radical (unpaired) electrons. The quantitative estimate of drug-likeness (QED) is 0.749. The van der Waals surface area contributed by atoms with Gasteiger partial charge in [0.2, 0.25) is 5.91 Å². The Morgan fingerprint density at radius 3 is 2.67 bits per heavy atom. The van der Waals surface area contributed by atoms with Gasteiger partial charge in [-0.3, -0.25) is 4.79 Å². The van der Waals surface area contributed by atoms with Gasteiger partial charge < -0.3 is 15.8 Å². The van der Waals surface area contributed by atoms with Crippen molar-refractivity contribution in [2.75, 3.05) is 6.61 Å². The van der Waals surface area contributed by atoms with Crippen molar-refractivity contribution >= 4 is 23.2 Å². The number of aromatic nitrogens is 1. The van der Waals surface area contributed by atoms with Gasteiger partial charge in [0.1, 0.15) is 5.01 Å². The Morgan fingerprint density at radius 1 is 1.48 bits per heavy atom. The van der Waals surface area contributed by atoms with Crippen LogP contribution in [0.1, 0.15) is 55.7 Å². The number of carbonyl (C=O) groups is 2. The largest absolute Gasteiger partial charge is 0.461 e. The first kappa shape index (κ1) is 17.6. The van der Waals surface area contributed by atoms with Crippen LogP contribution in [-0.4, -0.2) is 29.5 Å². The van der Waals surface area contributed by atoms with Crippen molar-refractivity contribution in [3.63, 3.8) is 0 Å². The number of thiazole rings is 1. The smallest absolute Gasteiger partial charge is 0.357 e. The molecular weight excluding hydrogens is 290 g/mol. The minimum absolute atomic E-state index is 0.0585. The first-order valence-electron chi connectivity index (χ1n) is 7.00. The van der Waals surface area contributed by atoms with Gasteiger partial charge in [-0.1, -0.05) is 13.8 Å². The van der Waals surface area contributed by atoms with Gasteiger partial charge in [0.05, 0.1) is 12.6 Å². The van der Waals surface area contributed by atoms with Gasteiger partial charge in [0.25, 0.3) is 0 Å². The average molecular weight is 313 g/mol. The minimum Gasteiger partial charge on any atom is -0.461 e. The molecule has 0 aliphatic rings. The van der Waals surface area contributed by atoms with Crippen molar-refractivity contribution in [3.05, 3.63) is 16.1 Å². The van der Waals surface area contributed by atoms with Gasteiger partial charge in [-0.05, 0) is 19.3 Å². The van der Waals surface area contributed by atoms with Crippen LogP contribution in [0.4, 0.5) is 0 Å². The van der Waals surface area contributed by atoms with Crippen LogP contribution in [0.3, 0.4) is 0 Å². The Labute approximate surface area is 129 Å². The van der Waals surface area contributed by atoms with Crippen molar-refractivity contribution in [1.82, 2.24) is 10.3 Å². The number of ether oxygens (including phenoxy) is 1. The van der Waals surface area contributed by atoms with Crippen LogP contribution in [0.25, 0.3) is 0 Å². The van der Waals surface area contributed by atoms with Gasteiger partial charge in [-0.25, -0.2) is 9.78 Å². The van der Waals surface area contributed by atoms with Gasteiger partial charge in [-0.2, -0.15) is 0 Å². The third-order valence-corrected chi connectivity index (χ3v) is 4.00. The summed E-state index contributed by atoms with van der Waals surface area (Å²) in [5.41, 5.74) is 6.35. The molecule has 0 unspecified atom stereocenters. The number of nitrogens with two attached hydrogens (primary N) is 1. The topological polar surface area (TPSA) is 94.3 Å². The summed E-state index contributed by atoms with van der Waals surface area (Å²) in [6, 6.07) is -0.343. The van der Waals surface area contributed by atoms with E-state index in [1.807, 2.05) is 13.8 Å². The predicted molar refractivity (Wildman–Crippen MR) is 82.1 cm³/mol. The fourth-order valence-electron chi connectivity index (χ4n) is 1.76. The Balaban J connectivity index is 2.88. The first-order chi connectivity index (χ1) is 9.85. The van der Waals surface area contributed by atoms with Crippen LogP contribution in [0.15, 0.2) is 5.38 Å². The van der Waals surface area contributed by atoms with Crippen LogP contribution >= 0.6 is 11.3 Å². The summed E-state index contributed by atoms with van der Waals surface area (Å²) in [7, 11) is 0. The molecule has 1 amide bonds. The molecule has 0 spiro atoms. The number of carbonyl (C=O) groups excluding carboxylic acids is 2. The predicted octanol–water partition coefficient (Wildman–Crippen LogP) is 1.87. The molecule has 6 nitrogen and oxygen atoms in total. The van der Waals surface area contributed by atoms with Crippen molar-refractivity contribution in [3.8, 4) is 0 Å². The Hall–Kier alpha value is -1.47. The molecule has 2 atom stereocenters. The highest BCUT2D eigenvalue weighted by atomic mass is 32.1. The van der Waals surface area contributed by atoms with Crippen LogP contribution in [-0.2, 0) is 9.53 Å². The zero-order valence-electron chi connectivity index (χ0n) is 12.9. The molecule has 1 heterocycles. The SMILES string of the molecule is CCOC(=O)c1csc([C@@H](C[C@@H](N)C(C)C)NC(C)=O)n1. The normalized spacial score (nSPS) is 13.8. The second-order valence-corrected chi connectivity index (χ2v) is 6.08. The molecule has 1 aromatic rings. The maximum Gasteiger partial charge on any atom is 0.357 e. The Morgan fingerprint density at radius 2 is 2.14 bits per heavy atom. The standard InChI is InChI=1S/C14H23N3O3S/c1-5-20-14(19)12-7-21-13(17-12)11(16-9(4)18)6-10(15)8(2)3/h7-8,10-11H,5-6,15H2,1-4H3,(H,16,18)/t10-,11-/m1/s1. The van der Waals surface area contributed by atoms with E-state index in [0.29, 0.717) is 24.0 Å². The number of nitrogens with one attached hydrogen (secondary N) is 1. The van der Waals surface area contributed by atoms with Crippen LogP contribution in [0.5, 0.6) is 0 Å². The summed E-state index contributed by atoms with van der Waals surface area (Å²) in [5, 5.41) is 5.16. The molecule has 21 heavy (non-hydrogen) atoms. The minimum atomic E-state index is -0.449. The highest BCUT2D eigenvalue weighted by Gasteiger charge is 2.23. The Bertz CT molecular complexity index is 488. The van der Waals surface area contributed by atoms with E-state index >= 15 is 0 Å². The number of hydrogen-bond acceptors (Lipinski definition) is 6. The van der Waals surface area contributed by atoms with Gasteiger partial charge in [0.15, 0.2) is 5.69 Å². The maximum absolute atomic E-state index is 11.6. The number of esters is 1. The molecule has 1 rings (SSSR count). The van der Waals surface area contributed by atoms with E-state index in [2.05, 4.69) is 10.3 Å². The number of hydrogen-bond donors (Lipinski definition) is 2. The lowest BCUT2D eigenvalue weighted by molar-refractivity contribution is -0.119. The Kier molecular flexibility index (Phi) is 6.77. The first-order valence-corrected chi connectivity index (χ1v) is 7.88. The van der Waals surface area contributed by atoms with Crippen molar-refractivity contribution < 1.29 is 14.3 Å². The van der Waals surface area contributed by atoms with Gasteiger partial charge >= 0.3 is 5.97 Å². The molecular formula is C14H23N3O3S. The van der Waals surface area contributed by atoms with E-state index in [9.17, 15) is 9.59 Å². The number of amides is 1. The summed E-state index contributed by atoms with van der Waals surface area (Å²) in [5.74, 6) is -0.302. The molecule has 0 saturated carbocycles. The summed E-state index contributed by atoms with van der Waals surface area (Å²) >= 11 is 1.33. The third kappa shape index (κ3) is 5.43. The lowest BCUT2D eigenvalue weighted by Gasteiger charge is -2.22. The zero-order valence-corrected chi connectivity index (χ0v) is 13.7. The van der Waals surface area contributed by atoms with E-state index in [-0.39, 0.29) is 23.7 Å². The molecule has 0 aromatic carbocycles.